The number of anilines is 1. The summed E-state index contributed by atoms with van der Waals surface area (Å²) in [6.45, 7) is 4.65. The van der Waals surface area contributed by atoms with Crippen molar-refractivity contribution in [2.24, 2.45) is 0 Å². The fourth-order valence-corrected chi connectivity index (χ4v) is 5.78. The minimum absolute atomic E-state index is 0.0364. The van der Waals surface area contributed by atoms with Gasteiger partial charge < -0.3 is 15.3 Å². The Bertz CT molecular complexity index is 1140. The lowest BCUT2D eigenvalue weighted by Gasteiger charge is -2.55. The van der Waals surface area contributed by atoms with Crippen molar-refractivity contribution in [3.8, 4) is 28.1 Å². The molecule has 2 aliphatic rings. The highest BCUT2D eigenvalue weighted by Gasteiger charge is 2.46. The molecule has 4 heterocycles. The highest BCUT2D eigenvalue weighted by atomic mass is 19.1. The first kappa shape index (κ1) is 21.8. The molecule has 1 unspecified atom stereocenters. The molecule has 0 radical (unpaired) electrons. The Hall–Kier alpha value is -3.06. The minimum atomic E-state index is -0.431. The van der Waals surface area contributed by atoms with Crippen molar-refractivity contribution >= 4 is 5.82 Å². The van der Waals surface area contributed by atoms with E-state index in [1.54, 1.807) is 30.6 Å². The average molecular weight is 448 g/mol. The van der Waals surface area contributed by atoms with Crippen molar-refractivity contribution in [3.63, 3.8) is 0 Å². The number of fused-ring (bicyclic) bond motifs is 2. The van der Waals surface area contributed by atoms with Crippen molar-refractivity contribution < 1.29 is 9.50 Å². The molecular weight excluding hydrogens is 417 g/mol. The first-order valence-corrected chi connectivity index (χ1v) is 11.5. The van der Waals surface area contributed by atoms with Crippen LogP contribution in [-0.4, -0.2) is 44.5 Å². The van der Waals surface area contributed by atoms with Gasteiger partial charge in [0.2, 0.25) is 0 Å². The maximum Gasteiger partial charge on any atom is 0.151 e. The lowest BCUT2D eigenvalue weighted by atomic mass is 9.69. The summed E-state index contributed by atoms with van der Waals surface area (Å²) in [6.07, 6.45) is 8.96. The van der Waals surface area contributed by atoms with Gasteiger partial charge in [0.25, 0.3) is 0 Å². The fraction of sp³-hybridized carbons (Fsp3) is 0.423. The number of pyridine rings is 1. The summed E-state index contributed by atoms with van der Waals surface area (Å²) < 4.78 is 14.8. The summed E-state index contributed by atoms with van der Waals surface area (Å²) in [7, 11) is 2.07. The molecule has 2 saturated heterocycles. The fourth-order valence-electron chi connectivity index (χ4n) is 5.78. The summed E-state index contributed by atoms with van der Waals surface area (Å²) >= 11 is 0. The van der Waals surface area contributed by atoms with E-state index in [1.807, 2.05) is 6.07 Å². The molecule has 0 aliphatic carbocycles. The standard InChI is InChI=1S/C26H30FN5O/c1-25-9-4-10-26(2,31-25)16-18(15-25)32(3)24-6-5-22(29-30-24)20-13-21(27)19(14-23(20)33)17-7-11-28-12-8-17/h5-8,11-14,18,31,33H,4,9-10,15-16H2,1-3H3/t18?,25-,26+. The number of aromatic nitrogens is 3. The molecule has 5 rings (SSSR count). The molecule has 6 nitrogen and oxygen atoms in total. The molecular formula is C26H30FN5O. The second-order valence-corrected chi connectivity index (χ2v) is 10.1. The van der Waals surface area contributed by atoms with Crippen LogP contribution in [0.1, 0.15) is 46.0 Å². The number of hydrogen-bond donors (Lipinski definition) is 2. The van der Waals surface area contributed by atoms with Crippen LogP contribution in [0.3, 0.4) is 0 Å². The second kappa shape index (κ2) is 8.06. The third kappa shape index (κ3) is 4.17. The van der Waals surface area contributed by atoms with Crippen LogP contribution in [-0.2, 0) is 0 Å². The quantitative estimate of drug-likeness (QED) is 0.590. The van der Waals surface area contributed by atoms with Gasteiger partial charge in [0.05, 0.1) is 5.69 Å². The minimum Gasteiger partial charge on any atom is -0.507 e. The molecule has 33 heavy (non-hydrogen) atoms. The van der Waals surface area contributed by atoms with Crippen LogP contribution in [0.2, 0.25) is 0 Å². The Balaban J connectivity index is 1.38. The number of phenolic OH excluding ortho intramolecular Hbond substituents is 1. The van der Waals surface area contributed by atoms with Crippen LogP contribution in [0, 0.1) is 5.82 Å². The SMILES string of the molecule is CN(c1ccc(-c2cc(F)c(-c3ccncc3)cc2O)nn1)C1C[C@]2(C)CCC[C@](C)(C1)N2. The second-order valence-electron chi connectivity index (χ2n) is 10.1. The number of benzene rings is 1. The lowest BCUT2D eigenvalue weighted by Crippen LogP contribution is -2.66. The summed E-state index contributed by atoms with van der Waals surface area (Å²) in [6, 6.07) is 10.2. The Kier molecular flexibility index (Phi) is 5.32. The van der Waals surface area contributed by atoms with Gasteiger partial charge in [0, 0.05) is 47.7 Å². The predicted octanol–water partition coefficient (Wildman–Crippen LogP) is 4.94. The van der Waals surface area contributed by atoms with Crippen LogP contribution in [0.15, 0.2) is 48.8 Å². The number of phenols is 1. The molecule has 2 aromatic heterocycles. The molecule has 0 spiro atoms. The zero-order valence-electron chi connectivity index (χ0n) is 19.3. The van der Waals surface area contributed by atoms with Gasteiger partial charge in [-0.25, -0.2) is 4.39 Å². The van der Waals surface area contributed by atoms with E-state index < -0.39 is 5.82 Å². The maximum absolute atomic E-state index is 14.8. The van der Waals surface area contributed by atoms with Crippen LogP contribution >= 0.6 is 0 Å². The molecule has 0 saturated carbocycles. The Morgan fingerprint density at radius 2 is 1.70 bits per heavy atom. The Labute approximate surface area is 193 Å². The van der Waals surface area contributed by atoms with Crippen molar-refractivity contribution in [2.45, 2.75) is 63.1 Å². The number of hydrogen-bond acceptors (Lipinski definition) is 6. The summed E-state index contributed by atoms with van der Waals surface area (Å²) in [5.74, 6) is 0.315. The summed E-state index contributed by atoms with van der Waals surface area (Å²) in [5, 5.41) is 23.2. The number of aromatic hydroxyl groups is 1. The Morgan fingerprint density at radius 3 is 2.33 bits per heavy atom. The third-order valence-corrected chi connectivity index (χ3v) is 7.35. The average Bonchev–Trinajstić information content (AvgIpc) is 2.79. The van der Waals surface area contributed by atoms with Gasteiger partial charge in [-0.3, -0.25) is 4.98 Å². The van der Waals surface area contributed by atoms with E-state index in [9.17, 15) is 9.50 Å². The first-order valence-electron chi connectivity index (χ1n) is 11.5. The molecule has 2 N–H and O–H groups in total. The van der Waals surface area contributed by atoms with Crippen molar-refractivity contribution in [2.75, 3.05) is 11.9 Å². The third-order valence-electron chi connectivity index (χ3n) is 7.35. The molecule has 2 bridgehead atoms. The number of nitrogens with zero attached hydrogens (tertiary/aromatic N) is 4. The largest absolute Gasteiger partial charge is 0.507 e. The van der Waals surface area contributed by atoms with Gasteiger partial charge in [-0.1, -0.05) is 0 Å². The monoisotopic (exact) mass is 447 g/mol. The van der Waals surface area contributed by atoms with Gasteiger partial charge >= 0.3 is 0 Å². The van der Waals surface area contributed by atoms with E-state index in [4.69, 9.17) is 0 Å². The normalized spacial score (nSPS) is 26.7. The number of halogens is 1. The van der Waals surface area contributed by atoms with E-state index in [2.05, 4.69) is 46.3 Å². The van der Waals surface area contributed by atoms with Crippen molar-refractivity contribution in [1.29, 1.82) is 0 Å². The van der Waals surface area contributed by atoms with Gasteiger partial charge in [-0.15, -0.1) is 10.2 Å². The van der Waals surface area contributed by atoms with Gasteiger partial charge in [0.15, 0.2) is 5.82 Å². The lowest BCUT2D eigenvalue weighted by molar-refractivity contribution is 0.0784. The molecule has 3 atom stereocenters. The zero-order chi connectivity index (χ0) is 23.2. The van der Waals surface area contributed by atoms with Gasteiger partial charge in [-0.05, 0) is 87.9 Å². The van der Waals surface area contributed by atoms with Crippen LogP contribution in [0.25, 0.3) is 22.4 Å². The molecule has 2 aliphatic heterocycles. The topological polar surface area (TPSA) is 74.2 Å². The molecule has 7 heteroatoms. The van der Waals surface area contributed by atoms with Crippen molar-refractivity contribution in [1.82, 2.24) is 20.5 Å². The number of rotatable bonds is 4. The molecule has 172 valence electrons. The zero-order valence-corrected chi connectivity index (χ0v) is 19.3. The highest BCUT2D eigenvalue weighted by molar-refractivity contribution is 5.74. The summed E-state index contributed by atoms with van der Waals surface area (Å²) in [5.41, 5.74) is 2.03. The highest BCUT2D eigenvalue weighted by Crippen LogP contribution is 2.42. The van der Waals surface area contributed by atoms with E-state index >= 15 is 0 Å². The Morgan fingerprint density at radius 1 is 1.00 bits per heavy atom. The van der Waals surface area contributed by atoms with Crippen LogP contribution in [0.4, 0.5) is 10.2 Å². The molecule has 1 aromatic carbocycles. The number of piperidine rings is 2. The smallest absolute Gasteiger partial charge is 0.151 e. The van der Waals surface area contributed by atoms with Crippen LogP contribution < -0.4 is 10.2 Å². The van der Waals surface area contributed by atoms with Crippen molar-refractivity contribution in [3.05, 3.63) is 54.6 Å². The summed E-state index contributed by atoms with van der Waals surface area (Å²) in [4.78, 5) is 6.17. The molecule has 2 fully saturated rings. The van der Waals surface area contributed by atoms with E-state index in [-0.39, 0.29) is 16.8 Å². The van der Waals surface area contributed by atoms with Gasteiger partial charge in [0.1, 0.15) is 11.6 Å². The van der Waals surface area contributed by atoms with Crippen LogP contribution in [0.5, 0.6) is 5.75 Å². The maximum atomic E-state index is 14.8. The van der Waals surface area contributed by atoms with E-state index in [0.29, 0.717) is 28.4 Å². The first-order chi connectivity index (χ1) is 15.8. The number of nitrogens with one attached hydrogen (secondary N) is 1. The predicted molar refractivity (Wildman–Crippen MR) is 128 cm³/mol. The van der Waals surface area contributed by atoms with E-state index in [0.717, 1.165) is 18.7 Å². The van der Waals surface area contributed by atoms with E-state index in [1.165, 1.54) is 31.4 Å². The van der Waals surface area contributed by atoms with Gasteiger partial charge in [-0.2, -0.15) is 0 Å². The molecule has 3 aromatic rings. The molecule has 0 amide bonds.